The van der Waals surface area contributed by atoms with E-state index in [1.54, 1.807) is 25.3 Å². The van der Waals surface area contributed by atoms with E-state index in [2.05, 4.69) is 5.16 Å². The van der Waals surface area contributed by atoms with Crippen molar-refractivity contribution in [2.24, 2.45) is 10.9 Å². The lowest BCUT2D eigenvalue weighted by Crippen LogP contribution is -2.15. The summed E-state index contributed by atoms with van der Waals surface area (Å²) >= 11 is 0. The molecule has 1 aliphatic carbocycles. The minimum Gasteiger partial charge on any atom is -0.493 e. The van der Waals surface area contributed by atoms with E-state index < -0.39 is 0 Å². The molecule has 0 bridgehead atoms. The molecular weight excluding hydrogens is 232 g/mol. The first-order valence-corrected chi connectivity index (χ1v) is 6.07. The predicted octanol–water partition coefficient (Wildman–Crippen LogP) is 2.11. The Balaban J connectivity index is 2.24. The first-order chi connectivity index (χ1) is 8.74. The fourth-order valence-electron chi connectivity index (χ4n) is 2.17. The first-order valence-electron chi connectivity index (χ1n) is 6.07. The summed E-state index contributed by atoms with van der Waals surface area (Å²) in [6, 6.07) is 5.24. The van der Waals surface area contributed by atoms with Gasteiger partial charge in [0.1, 0.15) is 0 Å². The zero-order chi connectivity index (χ0) is 13.0. The van der Waals surface area contributed by atoms with Crippen molar-refractivity contribution in [3.8, 4) is 11.5 Å². The molecule has 1 aromatic rings. The maximum Gasteiger partial charge on any atom is 0.170 e. The van der Waals surface area contributed by atoms with Crippen molar-refractivity contribution in [2.75, 3.05) is 7.11 Å². The Morgan fingerprint density at radius 1 is 1.33 bits per heavy atom. The number of nitrogens with two attached hydrogens (primary N) is 1. The summed E-state index contributed by atoms with van der Waals surface area (Å²) in [6.45, 7) is 0. The maximum atomic E-state index is 8.68. The molecule has 1 saturated carbocycles. The molecule has 0 amide bonds. The van der Waals surface area contributed by atoms with Crippen LogP contribution in [0.2, 0.25) is 0 Å². The van der Waals surface area contributed by atoms with Crippen molar-refractivity contribution in [1.29, 1.82) is 0 Å². The second-order valence-electron chi connectivity index (χ2n) is 4.38. The first kappa shape index (κ1) is 12.5. The lowest BCUT2D eigenvalue weighted by Gasteiger charge is -2.16. The molecule has 1 aromatic carbocycles. The van der Waals surface area contributed by atoms with Gasteiger partial charge in [0.15, 0.2) is 17.3 Å². The van der Waals surface area contributed by atoms with Crippen molar-refractivity contribution >= 4 is 5.84 Å². The maximum absolute atomic E-state index is 8.68. The zero-order valence-electron chi connectivity index (χ0n) is 10.4. The summed E-state index contributed by atoms with van der Waals surface area (Å²) in [5.74, 6) is 1.37. The third-order valence-corrected chi connectivity index (χ3v) is 3.16. The molecule has 2 rings (SSSR count). The predicted molar refractivity (Wildman–Crippen MR) is 68.4 cm³/mol. The van der Waals surface area contributed by atoms with Crippen LogP contribution in [0.5, 0.6) is 11.5 Å². The Kier molecular flexibility index (Phi) is 3.92. The number of methoxy groups -OCH3 is 1. The highest BCUT2D eigenvalue weighted by atomic mass is 16.5. The highest BCUT2D eigenvalue weighted by molar-refractivity contribution is 5.97. The summed E-state index contributed by atoms with van der Waals surface area (Å²) in [4.78, 5) is 0. The molecule has 0 aromatic heterocycles. The number of benzene rings is 1. The van der Waals surface area contributed by atoms with E-state index in [1.807, 2.05) is 0 Å². The van der Waals surface area contributed by atoms with Gasteiger partial charge in [-0.3, -0.25) is 0 Å². The van der Waals surface area contributed by atoms with E-state index in [-0.39, 0.29) is 11.9 Å². The van der Waals surface area contributed by atoms with Crippen molar-refractivity contribution in [2.45, 2.75) is 31.8 Å². The minimum absolute atomic E-state index is 0.0638. The Bertz CT molecular complexity index is 440. The molecule has 0 spiro atoms. The van der Waals surface area contributed by atoms with Crippen LogP contribution < -0.4 is 15.2 Å². The number of ether oxygens (including phenoxy) is 2. The molecule has 5 nitrogen and oxygen atoms in total. The van der Waals surface area contributed by atoms with Crippen LogP contribution in [0.1, 0.15) is 31.2 Å². The lowest BCUT2D eigenvalue weighted by molar-refractivity contribution is 0.201. The van der Waals surface area contributed by atoms with Gasteiger partial charge in [0.05, 0.1) is 13.2 Å². The van der Waals surface area contributed by atoms with Crippen LogP contribution in [0.4, 0.5) is 0 Å². The van der Waals surface area contributed by atoms with E-state index in [1.165, 1.54) is 12.8 Å². The van der Waals surface area contributed by atoms with Gasteiger partial charge in [-0.15, -0.1) is 0 Å². The number of rotatable bonds is 4. The third kappa shape index (κ3) is 2.67. The van der Waals surface area contributed by atoms with Gasteiger partial charge in [0.25, 0.3) is 0 Å². The van der Waals surface area contributed by atoms with Gasteiger partial charge in [0, 0.05) is 5.56 Å². The average Bonchev–Trinajstić information content (AvgIpc) is 2.90. The number of amidine groups is 1. The molecule has 0 heterocycles. The molecule has 1 fully saturated rings. The average molecular weight is 250 g/mol. The molecule has 0 radical (unpaired) electrons. The molecular formula is C13H18N2O3. The third-order valence-electron chi connectivity index (χ3n) is 3.16. The van der Waals surface area contributed by atoms with E-state index in [4.69, 9.17) is 20.4 Å². The number of hydrogen-bond acceptors (Lipinski definition) is 4. The van der Waals surface area contributed by atoms with E-state index in [0.717, 1.165) is 12.8 Å². The quantitative estimate of drug-likeness (QED) is 0.371. The van der Waals surface area contributed by atoms with Crippen LogP contribution in [-0.4, -0.2) is 24.3 Å². The Hall–Kier alpha value is -1.91. The van der Waals surface area contributed by atoms with Crippen molar-refractivity contribution in [1.82, 2.24) is 0 Å². The minimum atomic E-state index is 0.0638. The van der Waals surface area contributed by atoms with Crippen LogP contribution in [-0.2, 0) is 0 Å². The Labute approximate surface area is 106 Å². The zero-order valence-corrected chi connectivity index (χ0v) is 10.4. The smallest absolute Gasteiger partial charge is 0.170 e. The monoisotopic (exact) mass is 250 g/mol. The SMILES string of the molecule is COc1ccc(/C(N)=N\O)cc1OC1CCCC1. The molecule has 18 heavy (non-hydrogen) atoms. The summed E-state index contributed by atoms with van der Waals surface area (Å²) in [5, 5.41) is 11.7. The standard InChI is InChI=1S/C13H18N2O3/c1-17-11-7-6-9(13(14)15-16)8-12(11)18-10-4-2-3-5-10/h6-8,10,16H,2-5H2,1H3,(H2,14,15). The fraction of sp³-hybridized carbons (Fsp3) is 0.462. The molecule has 98 valence electrons. The van der Waals surface area contributed by atoms with Crippen molar-refractivity contribution < 1.29 is 14.7 Å². The summed E-state index contributed by atoms with van der Waals surface area (Å²) in [7, 11) is 1.60. The van der Waals surface area contributed by atoms with Crippen molar-refractivity contribution in [3.05, 3.63) is 23.8 Å². The molecule has 0 unspecified atom stereocenters. The molecule has 0 atom stereocenters. The van der Waals surface area contributed by atoms with Gasteiger partial charge in [-0.25, -0.2) is 0 Å². The van der Waals surface area contributed by atoms with Crippen LogP contribution in [0.25, 0.3) is 0 Å². The van der Waals surface area contributed by atoms with Crippen LogP contribution in [0.3, 0.4) is 0 Å². The number of hydrogen-bond donors (Lipinski definition) is 2. The molecule has 0 aliphatic heterocycles. The summed E-state index contributed by atoms with van der Waals surface area (Å²) in [6.07, 6.45) is 4.77. The van der Waals surface area contributed by atoms with Gasteiger partial charge in [-0.05, 0) is 43.9 Å². The largest absolute Gasteiger partial charge is 0.493 e. The second-order valence-corrected chi connectivity index (χ2v) is 4.38. The highest BCUT2D eigenvalue weighted by Gasteiger charge is 2.19. The lowest BCUT2D eigenvalue weighted by atomic mass is 10.2. The van der Waals surface area contributed by atoms with E-state index in [0.29, 0.717) is 17.1 Å². The van der Waals surface area contributed by atoms with Gasteiger partial charge in [-0.2, -0.15) is 0 Å². The molecule has 5 heteroatoms. The van der Waals surface area contributed by atoms with Crippen LogP contribution in [0.15, 0.2) is 23.4 Å². The van der Waals surface area contributed by atoms with E-state index >= 15 is 0 Å². The molecule has 3 N–H and O–H groups in total. The Morgan fingerprint density at radius 2 is 2.06 bits per heavy atom. The Morgan fingerprint density at radius 3 is 2.67 bits per heavy atom. The fourth-order valence-corrected chi connectivity index (χ4v) is 2.17. The number of nitrogens with zero attached hydrogens (tertiary/aromatic N) is 1. The van der Waals surface area contributed by atoms with Gasteiger partial charge in [-0.1, -0.05) is 5.16 Å². The summed E-state index contributed by atoms with van der Waals surface area (Å²) < 4.78 is 11.2. The van der Waals surface area contributed by atoms with Gasteiger partial charge in [0.2, 0.25) is 0 Å². The van der Waals surface area contributed by atoms with Crippen molar-refractivity contribution in [3.63, 3.8) is 0 Å². The molecule has 1 aliphatic rings. The normalized spacial score (nSPS) is 16.8. The van der Waals surface area contributed by atoms with E-state index in [9.17, 15) is 0 Å². The number of oxime groups is 1. The van der Waals surface area contributed by atoms with Gasteiger partial charge < -0.3 is 20.4 Å². The van der Waals surface area contributed by atoms with Crippen LogP contribution >= 0.6 is 0 Å². The molecule has 0 saturated heterocycles. The summed E-state index contributed by atoms with van der Waals surface area (Å²) in [5.41, 5.74) is 6.18. The second kappa shape index (κ2) is 5.62. The topological polar surface area (TPSA) is 77.1 Å². The van der Waals surface area contributed by atoms with Gasteiger partial charge >= 0.3 is 0 Å². The highest BCUT2D eigenvalue weighted by Crippen LogP contribution is 2.32. The van der Waals surface area contributed by atoms with Crippen LogP contribution in [0, 0.1) is 0 Å².